The molecule has 0 saturated heterocycles. The third-order valence-corrected chi connectivity index (χ3v) is 3.66. The lowest BCUT2D eigenvalue weighted by Gasteiger charge is -2.23. The molecule has 0 amide bonds. The van der Waals surface area contributed by atoms with Gasteiger partial charge in [-0.05, 0) is 20.8 Å². The fraction of sp³-hybridized carbons (Fsp3) is 1.00. The molecule has 0 radical (unpaired) electrons. The Morgan fingerprint density at radius 1 is 0.833 bits per heavy atom. The van der Waals surface area contributed by atoms with Crippen LogP contribution in [0.4, 0.5) is 0 Å². The highest BCUT2D eigenvalue weighted by Gasteiger charge is 2.32. The van der Waals surface area contributed by atoms with E-state index in [1.807, 2.05) is 27.3 Å². The lowest BCUT2D eigenvalue weighted by atomic mass is 10.9. The van der Waals surface area contributed by atoms with Gasteiger partial charge < -0.3 is 18.8 Å². The van der Waals surface area contributed by atoms with Gasteiger partial charge in [-0.25, -0.2) is 0 Å². The second kappa shape index (κ2) is 7.69. The molecule has 0 atom stereocenters. The smallest absolute Gasteiger partial charge is 0.412 e. The summed E-state index contributed by atoms with van der Waals surface area (Å²) in [7, 11) is -2.25. The number of hydrogen-bond donors (Lipinski definition) is 0. The average molecular weight is 196 g/mol. The first kappa shape index (κ1) is 14.6. The van der Waals surface area contributed by atoms with Crippen molar-refractivity contribution in [2.75, 3.05) is 19.8 Å². The molecule has 0 aromatic rings. The van der Waals surface area contributed by atoms with Gasteiger partial charge in [0.1, 0.15) is 0 Å². The molecule has 12 heavy (non-hydrogen) atoms. The molecule has 76 valence electrons. The van der Waals surface area contributed by atoms with Crippen LogP contribution in [-0.4, -0.2) is 34.1 Å². The Morgan fingerprint density at radius 3 is 1.25 bits per heavy atom. The molecule has 0 spiro atoms. The van der Waals surface area contributed by atoms with E-state index in [0.717, 1.165) is 0 Å². The first-order valence-electron chi connectivity index (χ1n) is 4.10. The number of rotatable bonds is 6. The lowest BCUT2D eigenvalue weighted by Crippen LogP contribution is -2.42. The molecule has 0 aromatic carbocycles. The van der Waals surface area contributed by atoms with Crippen LogP contribution in [0, 0.1) is 0 Å². The maximum Gasteiger partial charge on any atom is 0.497 e. The van der Waals surface area contributed by atoms with Crippen molar-refractivity contribution in [2.24, 2.45) is 0 Å². The summed E-state index contributed by atoms with van der Waals surface area (Å²) in [4.78, 5) is 0. The van der Waals surface area contributed by atoms with Gasteiger partial charge in [-0.1, -0.05) is 0 Å². The summed E-state index contributed by atoms with van der Waals surface area (Å²) >= 11 is 0. The Morgan fingerprint density at radius 2 is 1.08 bits per heavy atom. The molecule has 5 heteroatoms. The molecule has 0 aliphatic carbocycles. The van der Waals surface area contributed by atoms with E-state index in [-0.39, 0.29) is 5.48 Å². The molecule has 0 aliphatic rings. The van der Waals surface area contributed by atoms with Crippen molar-refractivity contribution in [3.63, 3.8) is 0 Å². The summed E-state index contributed by atoms with van der Waals surface area (Å²) in [5, 5.41) is 0. The van der Waals surface area contributed by atoms with Crippen molar-refractivity contribution in [1.29, 1.82) is 0 Å². The molecule has 0 aromatic heterocycles. The highest BCUT2D eigenvalue weighted by atomic mass is 28.4. The van der Waals surface area contributed by atoms with Crippen LogP contribution in [0.3, 0.4) is 0 Å². The molecule has 0 saturated carbocycles. The van der Waals surface area contributed by atoms with E-state index in [1.54, 1.807) is 0 Å². The third-order valence-electron chi connectivity index (χ3n) is 1.22. The van der Waals surface area contributed by atoms with Gasteiger partial charge in [-0.15, -0.1) is 0 Å². The molecule has 0 bridgehead atoms. The van der Waals surface area contributed by atoms with Crippen LogP contribution in [0.25, 0.3) is 0 Å². The Labute approximate surface area is 75.5 Å². The Bertz CT molecular complexity index is 82.4. The largest absolute Gasteiger partial charge is 0.497 e. The Kier molecular flexibility index (Phi) is 9.34. The zero-order chi connectivity index (χ0) is 8.74. The predicted molar refractivity (Wildman–Crippen MR) is 50.1 cm³/mol. The molecule has 0 fully saturated rings. The fourth-order valence-electron chi connectivity index (χ4n) is 0.912. The standard InChI is InChI=1S/C7H18O3Si.H2O/c1-5-8-11(4,9-6-2)10-7-3;/h5-7H2,1-4H3;1H2. The van der Waals surface area contributed by atoms with Crippen LogP contribution in [0.2, 0.25) is 6.55 Å². The van der Waals surface area contributed by atoms with Crippen LogP contribution >= 0.6 is 0 Å². The molecule has 2 N–H and O–H groups in total. The monoisotopic (exact) mass is 196 g/mol. The maximum atomic E-state index is 5.40. The van der Waals surface area contributed by atoms with Crippen LogP contribution in [0.15, 0.2) is 0 Å². The van der Waals surface area contributed by atoms with Gasteiger partial charge in [0.2, 0.25) is 0 Å². The van der Waals surface area contributed by atoms with Crippen LogP contribution in [0.5, 0.6) is 0 Å². The first-order chi connectivity index (χ1) is 5.18. The van der Waals surface area contributed by atoms with Gasteiger partial charge in [-0.2, -0.15) is 0 Å². The van der Waals surface area contributed by atoms with Crippen molar-refractivity contribution in [3.05, 3.63) is 0 Å². The minimum atomic E-state index is -2.25. The summed E-state index contributed by atoms with van der Waals surface area (Å²) in [6, 6.07) is 0. The van der Waals surface area contributed by atoms with Gasteiger partial charge in [-0.3, -0.25) is 0 Å². The highest BCUT2D eigenvalue weighted by molar-refractivity contribution is 6.59. The second-order valence-electron chi connectivity index (χ2n) is 2.16. The van der Waals surface area contributed by atoms with Crippen molar-refractivity contribution >= 4 is 8.80 Å². The van der Waals surface area contributed by atoms with Gasteiger partial charge in [0.05, 0.1) is 0 Å². The molecular weight excluding hydrogens is 176 g/mol. The molecular formula is C7H20O4Si. The van der Waals surface area contributed by atoms with E-state index in [4.69, 9.17) is 13.3 Å². The normalized spacial score (nSPS) is 11.0. The minimum absolute atomic E-state index is 0. The third kappa shape index (κ3) is 5.67. The highest BCUT2D eigenvalue weighted by Crippen LogP contribution is 2.08. The van der Waals surface area contributed by atoms with E-state index in [0.29, 0.717) is 19.8 Å². The maximum absolute atomic E-state index is 5.40. The fourth-order valence-corrected chi connectivity index (χ4v) is 2.73. The van der Waals surface area contributed by atoms with Crippen molar-refractivity contribution in [1.82, 2.24) is 0 Å². The lowest BCUT2D eigenvalue weighted by molar-refractivity contribution is 0.0783. The zero-order valence-corrected chi connectivity index (χ0v) is 9.35. The van der Waals surface area contributed by atoms with E-state index < -0.39 is 8.80 Å². The van der Waals surface area contributed by atoms with Gasteiger partial charge in [0.15, 0.2) is 0 Å². The minimum Gasteiger partial charge on any atom is -0.412 e. The Hall–Kier alpha value is 0.0569. The SMILES string of the molecule is CCO[Si](C)(OCC)OCC.O. The summed E-state index contributed by atoms with van der Waals surface area (Å²) in [6.45, 7) is 9.73. The topological polar surface area (TPSA) is 59.2 Å². The van der Waals surface area contributed by atoms with E-state index in [9.17, 15) is 0 Å². The van der Waals surface area contributed by atoms with E-state index >= 15 is 0 Å². The van der Waals surface area contributed by atoms with E-state index in [1.165, 1.54) is 0 Å². The van der Waals surface area contributed by atoms with E-state index in [2.05, 4.69) is 0 Å². The first-order valence-corrected chi connectivity index (χ1v) is 6.32. The van der Waals surface area contributed by atoms with Crippen molar-refractivity contribution in [3.8, 4) is 0 Å². The average Bonchev–Trinajstić information content (AvgIpc) is 1.88. The van der Waals surface area contributed by atoms with Gasteiger partial charge >= 0.3 is 8.80 Å². The summed E-state index contributed by atoms with van der Waals surface area (Å²) in [5.41, 5.74) is 0. The molecule has 0 rings (SSSR count). The van der Waals surface area contributed by atoms with Gasteiger partial charge in [0.25, 0.3) is 0 Å². The molecule has 0 heterocycles. The van der Waals surface area contributed by atoms with Crippen molar-refractivity contribution < 1.29 is 18.8 Å². The van der Waals surface area contributed by atoms with Crippen molar-refractivity contribution in [2.45, 2.75) is 27.3 Å². The summed E-state index contributed by atoms with van der Waals surface area (Å²) in [6.07, 6.45) is 0. The van der Waals surface area contributed by atoms with Crippen LogP contribution in [-0.2, 0) is 13.3 Å². The zero-order valence-electron chi connectivity index (χ0n) is 8.35. The molecule has 0 aliphatic heterocycles. The molecule has 0 unspecified atom stereocenters. The predicted octanol–water partition coefficient (Wildman–Crippen LogP) is 0.840. The quantitative estimate of drug-likeness (QED) is 0.591. The van der Waals surface area contributed by atoms with Gasteiger partial charge in [0, 0.05) is 26.4 Å². The molecule has 4 nitrogen and oxygen atoms in total. The summed E-state index contributed by atoms with van der Waals surface area (Å²) < 4.78 is 16.2. The van der Waals surface area contributed by atoms with Crippen LogP contribution in [0.1, 0.15) is 20.8 Å². The second-order valence-corrected chi connectivity index (χ2v) is 4.75. The Balaban J connectivity index is 0. The van der Waals surface area contributed by atoms with Crippen LogP contribution < -0.4 is 0 Å². The summed E-state index contributed by atoms with van der Waals surface area (Å²) in [5.74, 6) is 0. The number of hydrogen-bond acceptors (Lipinski definition) is 3.